The van der Waals surface area contributed by atoms with Crippen molar-refractivity contribution in [2.45, 2.75) is 25.5 Å². The molecule has 0 atom stereocenters. The molecular weight excluding hydrogens is 468 g/mol. The fourth-order valence-corrected chi connectivity index (χ4v) is 5.73. The van der Waals surface area contributed by atoms with Crippen molar-refractivity contribution in [2.24, 2.45) is 0 Å². The van der Waals surface area contributed by atoms with Gasteiger partial charge in [-0.15, -0.1) is 21.5 Å². The molecule has 0 amide bonds. The zero-order chi connectivity index (χ0) is 23.7. The van der Waals surface area contributed by atoms with Crippen LogP contribution in [0.4, 0.5) is 0 Å². The van der Waals surface area contributed by atoms with Gasteiger partial charge in [-0.05, 0) is 34.6 Å². The number of thioether (sulfide) groups is 1. The average Bonchev–Trinajstić information content (AvgIpc) is 3.58. The number of aromatic amines is 1. The van der Waals surface area contributed by atoms with Crippen molar-refractivity contribution in [1.82, 2.24) is 30.2 Å². The Balaban J connectivity index is 1.51. The number of methoxy groups -OCH3 is 1. The lowest BCUT2D eigenvalue weighted by atomic mass is 9.98. The van der Waals surface area contributed by atoms with Crippen LogP contribution in [0.15, 0.2) is 53.7 Å². The number of nitrogens with one attached hydrogen (secondary N) is 1. The molecule has 0 unspecified atom stereocenters. The number of benzene rings is 2. The van der Waals surface area contributed by atoms with Gasteiger partial charge in [-0.3, -0.25) is 0 Å². The maximum absolute atomic E-state index is 12.3. The largest absolute Gasteiger partial charge is 0.465 e. The van der Waals surface area contributed by atoms with Crippen LogP contribution in [0, 0.1) is 6.92 Å². The first-order chi connectivity index (χ1) is 16.6. The molecule has 0 saturated heterocycles. The van der Waals surface area contributed by atoms with Crippen LogP contribution in [0.5, 0.6) is 0 Å². The average molecular weight is 491 g/mol. The molecule has 0 aliphatic heterocycles. The number of hydrogen-bond donors (Lipinski definition) is 1. The van der Waals surface area contributed by atoms with Crippen molar-refractivity contribution in [2.75, 3.05) is 12.9 Å². The third-order valence-corrected chi connectivity index (χ3v) is 7.42. The lowest BCUT2D eigenvalue weighted by molar-refractivity contribution is 0.0608. The second kappa shape index (κ2) is 9.40. The first-order valence-corrected chi connectivity index (χ1v) is 12.5. The monoisotopic (exact) mass is 490 g/mol. The van der Waals surface area contributed by atoms with E-state index in [1.165, 1.54) is 18.4 Å². The molecule has 5 rings (SSSR count). The number of fused-ring (bicyclic) bond motifs is 1. The highest BCUT2D eigenvalue weighted by Gasteiger charge is 2.23. The minimum absolute atomic E-state index is 0.342. The zero-order valence-corrected chi connectivity index (χ0v) is 20.5. The second-order valence-corrected chi connectivity index (χ2v) is 10.0. The number of tetrazole rings is 1. The van der Waals surface area contributed by atoms with Crippen LogP contribution < -0.4 is 0 Å². The summed E-state index contributed by atoms with van der Waals surface area (Å²) in [6.07, 6.45) is 0. The van der Waals surface area contributed by atoms with Crippen LogP contribution in [0.1, 0.15) is 27.0 Å². The van der Waals surface area contributed by atoms with E-state index < -0.39 is 0 Å². The fourth-order valence-electron chi connectivity index (χ4n) is 3.99. The Morgan fingerprint density at radius 2 is 1.91 bits per heavy atom. The summed E-state index contributed by atoms with van der Waals surface area (Å²) >= 11 is 3.10. The quantitative estimate of drug-likeness (QED) is 0.247. The maximum atomic E-state index is 12.3. The van der Waals surface area contributed by atoms with Crippen molar-refractivity contribution in [3.8, 4) is 22.5 Å². The third-order valence-electron chi connectivity index (χ3n) is 5.50. The molecule has 8 nitrogen and oxygen atoms in total. The van der Waals surface area contributed by atoms with Gasteiger partial charge in [-0.2, -0.15) is 5.21 Å². The van der Waals surface area contributed by atoms with E-state index in [1.54, 1.807) is 11.8 Å². The Morgan fingerprint density at radius 3 is 2.59 bits per heavy atom. The second-order valence-electron chi connectivity index (χ2n) is 7.57. The van der Waals surface area contributed by atoms with Crippen molar-refractivity contribution >= 4 is 40.1 Å². The van der Waals surface area contributed by atoms with Crippen molar-refractivity contribution in [3.63, 3.8) is 0 Å². The number of imidazole rings is 1. The van der Waals surface area contributed by atoms with Gasteiger partial charge in [0.05, 0.1) is 19.2 Å². The molecule has 0 bridgehead atoms. The summed E-state index contributed by atoms with van der Waals surface area (Å²) in [7, 11) is 1.40. The van der Waals surface area contributed by atoms with Gasteiger partial charge >= 0.3 is 5.97 Å². The minimum Gasteiger partial charge on any atom is -0.465 e. The number of ether oxygens (including phenoxy) is 1. The molecule has 0 spiro atoms. The lowest BCUT2D eigenvalue weighted by Gasteiger charge is -2.11. The van der Waals surface area contributed by atoms with Crippen LogP contribution in [0.3, 0.4) is 0 Å². The highest BCUT2D eigenvalue weighted by molar-refractivity contribution is 7.99. The predicted molar refractivity (Wildman–Crippen MR) is 134 cm³/mol. The van der Waals surface area contributed by atoms with E-state index in [4.69, 9.17) is 9.72 Å². The number of thiophene rings is 1. The van der Waals surface area contributed by atoms with Gasteiger partial charge in [0.25, 0.3) is 0 Å². The maximum Gasteiger partial charge on any atom is 0.350 e. The molecule has 5 aromatic rings. The number of aryl methyl sites for hydroxylation is 1. The number of hydrogen-bond acceptors (Lipinski definition) is 8. The molecule has 3 aromatic heterocycles. The summed E-state index contributed by atoms with van der Waals surface area (Å²) in [5.41, 5.74) is 5.89. The lowest BCUT2D eigenvalue weighted by Crippen LogP contribution is -2.02. The number of rotatable bonds is 7. The van der Waals surface area contributed by atoms with Gasteiger partial charge in [-0.25, -0.2) is 9.78 Å². The van der Waals surface area contributed by atoms with E-state index in [-0.39, 0.29) is 5.97 Å². The number of aromatic nitrogens is 6. The van der Waals surface area contributed by atoms with Gasteiger partial charge < -0.3 is 9.30 Å². The molecule has 10 heteroatoms. The normalized spacial score (nSPS) is 11.3. The summed E-state index contributed by atoms with van der Waals surface area (Å²) < 4.78 is 7.18. The zero-order valence-electron chi connectivity index (χ0n) is 18.9. The molecular formula is C24H22N6O2S2. The van der Waals surface area contributed by atoms with Crippen molar-refractivity contribution < 1.29 is 9.53 Å². The number of esters is 1. The van der Waals surface area contributed by atoms with Crippen LogP contribution in [0.2, 0.25) is 0 Å². The van der Waals surface area contributed by atoms with E-state index in [1.807, 2.05) is 25.1 Å². The van der Waals surface area contributed by atoms with Gasteiger partial charge in [-0.1, -0.05) is 67.2 Å². The Labute approximate surface area is 204 Å². The molecule has 0 aliphatic rings. The van der Waals surface area contributed by atoms with Crippen LogP contribution in [-0.2, 0) is 11.3 Å². The van der Waals surface area contributed by atoms with E-state index in [2.05, 4.69) is 62.4 Å². The molecule has 34 heavy (non-hydrogen) atoms. The van der Waals surface area contributed by atoms with Crippen molar-refractivity contribution in [3.05, 3.63) is 63.8 Å². The first kappa shape index (κ1) is 22.3. The third kappa shape index (κ3) is 3.99. The summed E-state index contributed by atoms with van der Waals surface area (Å²) in [5.74, 6) is 1.11. The van der Waals surface area contributed by atoms with Crippen LogP contribution in [-0.4, -0.2) is 49.0 Å². The number of H-pyrrole nitrogens is 1. The Bertz CT molecular complexity index is 1460. The van der Waals surface area contributed by atoms with E-state index >= 15 is 0 Å². The summed E-state index contributed by atoms with van der Waals surface area (Å²) in [4.78, 5) is 18.7. The van der Waals surface area contributed by atoms with Crippen molar-refractivity contribution in [1.29, 1.82) is 0 Å². The SMILES string of the molecule is CCSc1nc2c(C(=O)OC)sc(C)c2n1Cc1ccc(-c2ccccc2-c2nn[nH]n2)cc1. The Kier molecular flexibility index (Phi) is 6.16. The van der Waals surface area contributed by atoms with Gasteiger partial charge in [0, 0.05) is 10.4 Å². The predicted octanol–water partition coefficient (Wildman–Crippen LogP) is 5.20. The molecule has 1 N–H and O–H groups in total. The molecule has 172 valence electrons. The van der Waals surface area contributed by atoms with Gasteiger partial charge in [0.2, 0.25) is 5.82 Å². The summed E-state index contributed by atoms with van der Waals surface area (Å²) in [5, 5.41) is 15.4. The highest BCUT2D eigenvalue weighted by atomic mass is 32.2. The smallest absolute Gasteiger partial charge is 0.350 e. The van der Waals surface area contributed by atoms with Gasteiger partial charge in [0.15, 0.2) is 5.16 Å². The van der Waals surface area contributed by atoms with E-state index in [9.17, 15) is 4.79 Å². The summed E-state index contributed by atoms with van der Waals surface area (Å²) in [6, 6.07) is 16.5. The molecule has 0 saturated carbocycles. The molecule has 3 heterocycles. The number of carbonyl (C=O) groups excluding carboxylic acids is 1. The summed E-state index contributed by atoms with van der Waals surface area (Å²) in [6.45, 7) is 4.78. The Hall–Kier alpha value is -3.50. The van der Waals surface area contributed by atoms with Crippen LogP contribution >= 0.6 is 23.1 Å². The highest BCUT2D eigenvalue weighted by Crippen LogP contribution is 2.36. The number of carbonyl (C=O) groups is 1. The van der Waals surface area contributed by atoms with Gasteiger partial charge in [0.1, 0.15) is 10.4 Å². The van der Waals surface area contributed by atoms with E-state index in [0.717, 1.165) is 49.1 Å². The standard InChI is InChI=1S/C24H22N6O2S2/c1-4-33-24-25-19-20(14(2)34-21(19)23(31)32-3)30(24)13-15-9-11-16(12-10-15)17-7-5-6-8-18(17)22-26-28-29-27-22/h5-12H,4,13H2,1-3H3,(H,26,27,28,29). The molecule has 0 aliphatic carbocycles. The number of nitrogens with zero attached hydrogens (tertiary/aromatic N) is 5. The fraction of sp³-hybridized carbons (Fsp3) is 0.208. The Morgan fingerprint density at radius 1 is 1.15 bits per heavy atom. The topological polar surface area (TPSA) is 98.6 Å². The molecule has 0 radical (unpaired) electrons. The minimum atomic E-state index is -0.342. The van der Waals surface area contributed by atoms with Crippen LogP contribution in [0.25, 0.3) is 33.5 Å². The molecule has 2 aromatic carbocycles. The van der Waals surface area contributed by atoms with E-state index in [0.29, 0.717) is 17.2 Å². The molecule has 0 fully saturated rings. The first-order valence-electron chi connectivity index (χ1n) is 10.7.